The highest BCUT2D eigenvalue weighted by atomic mass is 31.2. The number of hydrogen-bond donors (Lipinski definition) is 1. The molecule has 0 bridgehead atoms. The van der Waals surface area contributed by atoms with Gasteiger partial charge in [-0.1, -0.05) is 271 Å². The van der Waals surface area contributed by atoms with Gasteiger partial charge >= 0.3 is 5.97 Å². The average molecular weight is 1190 g/mol. The van der Waals surface area contributed by atoms with E-state index < -0.39 is 26.6 Å². The maximum atomic E-state index is 13.6. The first-order chi connectivity index (χ1) is 40.9. The summed E-state index contributed by atoms with van der Waals surface area (Å²) in [6.45, 7) is 6.69. The number of ether oxygens (including phenoxy) is 1. The first kappa shape index (κ1) is 80.4. The van der Waals surface area contributed by atoms with Crippen molar-refractivity contribution in [3.05, 3.63) is 122 Å². The molecule has 0 aliphatic rings. The predicted octanol–water partition coefficient (Wildman–Crippen LogP) is 21.2. The Balaban J connectivity index is 5.19. The number of carbonyl (C=O) groups excluding carboxylic acids is 2. The summed E-state index contributed by atoms with van der Waals surface area (Å²) in [5.74, 6) is -0.570. The van der Waals surface area contributed by atoms with Crippen LogP contribution in [0.2, 0.25) is 0 Å². The number of amides is 1. The Labute approximate surface area is 518 Å². The Bertz CT molecular complexity index is 1850. The lowest BCUT2D eigenvalue weighted by atomic mass is 10.0. The number of allylic oxidation sites excluding steroid dienone is 19. The third-order valence-electron chi connectivity index (χ3n) is 14.6. The van der Waals surface area contributed by atoms with Crippen LogP contribution >= 0.6 is 7.82 Å². The van der Waals surface area contributed by atoms with Crippen molar-refractivity contribution in [2.24, 2.45) is 0 Å². The summed E-state index contributed by atoms with van der Waals surface area (Å²) in [5.41, 5.74) is 0. The number of carbonyl (C=O) groups is 2. The standard InChI is InChI=1S/C74H129N2O7P/c1-7-10-13-16-19-22-25-28-30-32-34-36-37-38-39-41-43-45-47-49-52-55-58-61-64-67-74(78)83-72(65-62-59-56-53-50-27-24-21-18-15-12-9-3)71(70-82-84(79,80)81-69-68-76(4,5)6)75-73(77)66-63-60-57-54-51-48-46-44-42-40-35-33-31-29-26-23-20-17-14-11-8-2/h10,13,19-20,22-23,28-31,34-36,38-40,43,45,62,65,71-72H,7-9,11-12,14-18,21,24-27,32-33,37,41-42,44,46-61,63-64,66-70H2,1-6H3,(H-,75,77,79,80)/b13-10-,22-19-,23-20-,30-28-,31-29-,36-34-,39-38-,40-35-,45-43-,65-62+. The Morgan fingerprint density at radius 2 is 0.762 bits per heavy atom. The molecule has 0 aliphatic heterocycles. The summed E-state index contributed by atoms with van der Waals surface area (Å²) in [6, 6.07) is -0.908. The van der Waals surface area contributed by atoms with Crippen LogP contribution in [0.1, 0.15) is 284 Å². The van der Waals surface area contributed by atoms with Crippen molar-refractivity contribution in [2.45, 2.75) is 296 Å². The molecule has 1 N–H and O–H groups in total. The molecule has 10 heteroatoms. The molecule has 84 heavy (non-hydrogen) atoms. The maximum absolute atomic E-state index is 13.6. The number of hydrogen-bond acceptors (Lipinski definition) is 7. The van der Waals surface area contributed by atoms with Gasteiger partial charge in [0.05, 0.1) is 33.8 Å². The molecule has 9 nitrogen and oxygen atoms in total. The summed E-state index contributed by atoms with van der Waals surface area (Å²) in [7, 11) is 1.16. The fourth-order valence-corrected chi connectivity index (χ4v) is 10.1. The van der Waals surface area contributed by atoms with E-state index in [-0.39, 0.29) is 24.9 Å². The van der Waals surface area contributed by atoms with Gasteiger partial charge in [-0.15, -0.1) is 0 Å². The normalized spacial score (nSPS) is 14.3. The van der Waals surface area contributed by atoms with Gasteiger partial charge in [0, 0.05) is 12.8 Å². The third-order valence-corrected chi connectivity index (χ3v) is 15.6. The lowest BCUT2D eigenvalue weighted by molar-refractivity contribution is -0.870. The van der Waals surface area contributed by atoms with E-state index in [1.807, 2.05) is 33.3 Å². The van der Waals surface area contributed by atoms with E-state index in [9.17, 15) is 19.0 Å². The minimum absolute atomic E-state index is 0.0325. The van der Waals surface area contributed by atoms with Gasteiger partial charge in [-0.3, -0.25) is 14.2 Å². The van der Waals surface area contributed by atoms with Crippen molar-refractivity contribution in [1.82, 2.24) is 5.32 Å². The zero-order valence-electron chi connectivity index (χ0n) is 55.1. The number of rotatable bonds is 61. The van der Waals surface area contributed by atoms with Crippen LogP contribution in [0.4, 0.5) is 0 Å². The number of quaternary nitrogens is 1. The lowest BCUT2D eigenvalue weighted by Crippen LogP contribution is -2.47. The highest BCUT2D eigenvalue weighted by Crippen LogP contribution is 2.38. The smallest absolute Gasteiger partial charge is 0.306 e. The van der Waals surface area contributed by atoms with Crippen LogP contribution in [-0.4, -0.2) is 69.4 Å². The Morgan fingerprint density at radius 1 is 0.429 bits per heavy atom. The van der Waals surface area contributed by atoms with Gasteiger partial charge in [0.1, 0.15) is 19.3 Å². The number of likely N-dealkylation sites (N-methyl/N-ethyl adjacent to an activating group) is 1. The monoisotopic (exact) mass is 1190 g/mol. The van der Waals surface area contributed by atoms with Gasteiger partial charge in [0.2, 0.25) is 5.91 Å². The van der Waals surface area contributed by atoms with Crippen LogP contribution in [-0.2, 0) is 27.9 Å². The van der Waals surface area contributed by atoms with Gasteiger partial charge in [-0.05, 0) is 122 Å². The van der Waals surface area contributed by atoms with E-state index in [1.54, 1.807) is 0 Å². The largest absolute Gasteiger partial charge is 0.756 e. The summed E-state index contributed by atoms with van der Waals surface area (Å²) < 4.78 is 30.4. The second-order valence-corrected chi connectivity index (χ2v) is 25.4. The molecule has 1 amide bonds. The average Bonchev–Trinajstić information content (AvgIpc) is 3.64. The van der Waals surface area contributed by atoms with Crippen LogP contribution in [0.25, 0.3) is 0 Å². The maximum Gasteiger partial charge on any atom is 0.306 e. The molecule has 0 saturated heterocycles. The fourth-order valence-electron chi connectivity index (χ4n) is 9.36. The first-order valence-corrected chi connectivity index (χ1v) is 35.8. The number of unbranched alkanes of at least 4 members (excludes halogenated alkanes) is 27. The number of nitrogens with one attached hydrogen (secondary N) is 1. The van der Waals surface area contributed by atoms with Crippen molar-refractivity contribution in [3.63, 3.8) is 0 Å². The summed E-state index contributed by atoms with van der Waals surface area (Å²) in [6.07, 6.45) is 87.4. The summed E-state index contributed by atoms with van der Waals surface area (Å²) in [5, 5.41) is 3.03. The molecule has 482 valence electrons. The highest BCUT2D eigenvalue weighted by Gasteiger charge is 2.27. The molecule has 0 aromatic heterocycles. The van der Waals surface area contributed by atoms with E-state index in [1.165, 1.54) is 103 Å². The topological polar surface area (TPSA) is 114 Å². The van der Waals surface area contributed by atoms with E-state index in [0.717, 1.165) is 141 Å². The predicted molar refractivity (Wildman–Crippen MR) is 362 cm³/mol. The highest BCUT2D eigenvalue weighted by molar-refractivity contribution is 7.45. The van der Waals surface area contributed by atoms with Crippen LogP contribution in [0.15, 0.2) is 122 Å². The van der Waals surface area contributed by atoms with Gasteiger partial charge < -0.3 is 28.5 Å². The van der Waals surface area contributed by atoms with Crippen LogP contribution < -0.4 is 10.2 Å². The van der Waals surface area contributed by atoms with E-state index in [4.69, 9.17) is 13.8 Å². The van der Waals surface area contributed by atoms with Crippen molar-refractivity contribution in [2.75, 3.05) is 40.9 Å². The second kappa shape index (κ2) is 62.5. The molecule has 0 aromatic carbocycles. The zero-order valence-corrected chi connectivity index (χ0v) is 56.0. The quantitative estimate of drug-likeness (QED) is 0.0212. The number of nitrogens with zero attached hydrogens (tertiary/aromatic N) is 1. The summed E-state index contributed by atoms with van der Waals surface area (Å²) >= 11 is 0. The first-order valence-electron chi connectivity index (χ1n) is 34.3. The molecule has 0 aromatic rings. The molecular weight excluding hydrogens is 1060 g/mol. The molecule has 0 fully saturated rings. The van der Waals surface area contributed by atoms with Crippen molar-refractivity contribution in [1.29, 1.82) is 0 Å². The SMILES string of the molecule is CC/C=C\C/C=C\C/C=C\C/C=C\C/C=C\C/C=C\CCCCCCCCC(=O)OC(/C=C/CCCCCCCCCCCC)C(COP(=O)([O-])OCC[N+](C)(C)C)NC(=O)CCCCCCCCCC/C=C\C/C=C\C/C=C\CCCCC. The zero-order chi connectivity index (χ0) is 61.4. The Kier molecular flexibility index (Phi) is 59.8. The lowest BCUT2D eigenvalue weighted by Gasteiger charge is -2.30. The van der Waals surface area contributed by atoms with Crippen molar-refractivity contribution in [3.8, 4) is 0 Å². The van der Waals surface area contributed by atoms with E-state index in [0.29, 0.717) is 23.9 Å². The molecule has 3 atom stereocenters. The fraction of sp³-hybridized carbons (Fsp3) is 0.703. The molecule has 0 radical (unpaired) electrons. The van der Waals surface area contributed by atoms with Crippen molar-refractivity contribution >= 4 is 19.7 Å². The Hall–Kier alpha value is -3.59. The van der Waals surface area contributed by atoms with Crippen LogP contribution in [0.3, 0.4) is 0 Å². The van der Waals surface area contributed by atoms with Gasteiger partial charge in [-0.2, -0.15) is 0 Å². The minimum Gasteiger partial charge on any atom is -0.756 e. The van der Waals surface area contributed by atoms with Crippen LogP contribution in [0.5, 0.6) is 0 Å². The molecule has 0 heterocycles. The second-order valence-electron chi connectivity index (χ2n) is 23.9. The van der Waals surface area contributed by atoms with Gasteiger partial charge in [0.25, 0.3) is 7.82 Å². The van der Waals surface area contributed by atoms with Gasteiger partial charge in [-0.25, -0.2) is 0 Å². The molecule has 3 unspecified atom stereocenters. The molecular formula is C74H129N2O7P. The number of phosphoric ester groups is 1. The molecule has 0 spiro atoms. The molecule has 0 saturated carbocycles. The number of esters is 1. The van der Waals surface area contributed by atoms with Gasteiger partial charge in [0.15, 0.2) is 0 Å². The van der Waals surface area contributed by atoms with E-state index in [2.05, 4.69) is 135 Å². The minimum atomic E-state index is -4.72. The summed E-state index contributed by atoms with van der Waals surface area (Å²) in [4.78, 5) is 40.2. The molecule has 0 rings (SSSR count). The Morgan fingerprint density at radius 3 is 1.17 bits per heavy atom. The number of phosphoric acid groups is 1. The third kappa shape index (κ3) is 62.9. The molecule has 0 aliphatic carbocycles. The van der Waals surface area contributed by atoms with Crippen molar-refractivity contribution < 1.29 is 37.3 Å². The van der Waals surface area contributed by atoms with E-state index >= 15 is 0 Å². The van der Waals surface area contributed by atoms with Crippen LogP contribution in [0, 0.1) is 0 Å².